The van der Waals surface area contributed by atoms with Crippen molar-refractivity contribution in [3.63, 3.8) is 0 Å². The highest BCUT2D eigenvalue weighted by Gasteiger charge is 2.25. The minimum Gasteiger partial charge on any atom is -0.350 e. The van der Waals surface area contributed by atoms with Gasteiger partial charge >= 0.3 is 0 Å². The number of sulfone groups is 1. The number of hydrogen-bond donors (Lipinski definition) is 1. The molecule has 0 aliphatic carbocycles. The van der Waals surface area contributed by atoms with E-state index in [9.17, 15) is 18.1 Å². The lowest BCUT2D eigenvalue weighted by molar-refractivity contribution is 0.247. The Morgan fingerprint density at radius 3 is 2.62 bits per heavy atom. The van der Waals surface area contributed by atoms with Gasteiger partial charge in [-0.2, -0.15) is 5.26 Å². The van der Waals surface area contributed by atoms with E-state index in [1.54, 1.807) is 23.5 Å². The molecule has 8 heteroatoms. The van der Waals surface area contributed by atoms with Crippen molar-refractivity contribution >= 4 is 26.2 Å². The minimum atomic E-state index is -3.07. The summed E-state index contributed by atoms with van der Waals surface area (Å²) in [5, 5.41) is 14.0. The van der Waals surface area contributed by atoms with E-state index in [-0.39, 0.29) is 11.6 Å². The molecule has 1 aliphatic rings. The van der Waals surface area contributed by atoms with Crippen molar-refractivity contribution in [2.24, 2.45) is 0 Å². The molecular weight excluding hydrogens is 469 g/mol. The molecule has 0 bridgehead atoms. The number of nitrogens with one attached hydrogen (secondary N) is 1. The molecule has 4 rings (SSSR count). The number of halogens is 1. The van der Waals surface area contributed by atoms with Crippen LogP contribution in [-0.4, -0.2) is 26.1 Å². The lowest BCUT2D eigenvalue weighted by atomic mass is 10.0. The molecule has 0 fully saturated rings. The number of fused-ring (bicyclic) bond motifs is 1. The molecule has 1 N–H and O–H groups in total. The van der Waals surface area contributed by atoms with Crippen molar-refractivity contribution in [2.75, 3.05) is 18.1 Å². The summed E-state index contributed by atoms with van der Waals surface area (Å²) in [7, 11) is -3.07. The van der Waals surface area contributed by atoms with Crippen molar-refractivity contribution in [1.82, 2.24) is 4.90 Å². The van der Waals surface area contributed by atoms with Gasteiger partial charge in [-0.05, 0) is 35.2 Å². The molecule has 5 nitrogen and oxygen atoms in total. The molecule has 1 aliphatic heterocycles. The second-order valence-electron chi connectivity index (χ2n) is 8.70. The van der Waals surface area contributed by atoms with Crippen molar-refractivity contribution in [1.29, 1.82) is 5.26 Å². The van der Waals surface area contributed by atoms with Gasteiger partial charge < -0.3 is 5.32 Å². The molecule has 1 aromatic heterocycles. The van der Waals surface area contributed by atoms with Gasteiger partial charge in [-0.3, -0.25) is 4.90 Å². The lowest BCUT2D eigenvalue weighted by Gasteiger charge is -2.27. The largest absolute Gasteiger partial charge is 0.350 e. The maximum absolute atomic E-state index is 13.5. The molecule has 34 heavy (non-hydrogen) atoms. The van der Waals surface area contributed by atoms with Gasteiger partial charge in [0.2, 0.25) is 0 Å². The smallest absolute Gasteiger partial charge is 0.151 e. The predicted octanol–water partition coefficient (Wildman–Crippen LogP) is 5.03. The molecule has 0 saturated carbocycles. The Morgan fingerprint density at radius 1 is 1.21 bits per heavy atom. The highest BCUT2D eigenvalue weighted by Crippen LogP contribution is 2.37. The minimum absolute atomic E-state index is 0.0228. The number of thiophene rings is 1. The fraction of sp³-hybridized carbons (Fsp3) is 0.269. The predicted molar refractivity (Wildman–Crippen MR) is 135 cm³/mol. The fourth-order valence-electron chi connectivity index (χ4n) is 4.19. The number of nitrogens with zero attached hydrogens (tertiary/aromatic N) is 2. The monoisotopic (exact) mass is 495 g/mol. The van der Waals surface area contributed by atoms with Crippen LogP contribution in [-0.2, 0) is 41.5 Å². The van der Waals surface area contributed by atoms with Gasteiger partial charge in [-0.1, -0.05) is 43.0 Å². The molecule has 3 aromatic rings. The van der Waals surface area contributed by atoms with Gasteiger partial charge in [-0.25, -0.2) is 12.8 Å². The van der Waals surface area contributed by atoms with Gasteiger partial charge in [0.15, 0.2) is 9.84 Å². The van der Waals surface area contributed by atoms with Crippen LogP contribution in [0.5, 0.6) is 0 Å². The van der Waals surface area contributed by atoms with Gasteiger partial charge in [0.25, 0.3) is 0 Å². The molecule has 0 unspecified atom stereocenters. The quantitative estimate of drug-likeness (QED) is 0.475. The molecule has 0 spiro atoms. The zero-order chi connectivity index (χ0) is 24.3. The summed E-state index contributed by atoms with van der Waals surface area (Å²) in [5.74, 6) is -0.215. The number of anilines is 1. The Morgan fingerprint density at radius 2 is 1.94 bits per heavy atom. The Hall–Kier alpha value is -2.99. The van der Waals surface area contributed by atoms with Crippen LogP contribution in [0.3, 0.4) is 0 Å². The first kappa shape index (κ1) is 24.1. The Balaban J connectivity index is 1.42. The van der Waals surface area contributed by atoms with Crippen LogP contribution in [0, 0.1) is 17.1 Å². The molecule has 0 radical (unpaired) electrons. The fourth-order valence-corrected chi connectivity index (χ4v) is 6.18. The van der Waals surface area contributed by atoms with Crippen LogP contribution in [0.15, 0.2) is 60.8 Å². The summed E-state index contributed by atoms with van der Waals surface area (Å²) in [6.07, 6.45) is 2.64. The standard InChI is InChI=1S/C26H26FN3O2S2/c1-18(12-19-6-8-20(9-7-19)17-34(2,31)32)29-26-23(14-28)24-16-30(11-10-25(24)33-26)15-21-4-3-5-22(27)13-21/h3-9,13,29H,1,10-12,15-17H2,2H3. The lowest BCUT2D eigenvalue weighted by Crippen LogP contribution is -2.29. The van der Waals surface area contributed by atoms with E-state index in [0.29, 0.717) is 25.1 Å². The van der Waals surface area contributed by atoms with E-state index < -0.39 is 9.84 Å². The normalized spacial score (nSPS) is 13.8. The maximum Gasteiger partial charge on any atom is 0.151 e. The van der Waals surface area contributed by atoms with Crippen LogP contribution in [0.2, 0.25) is 0 Å². The third-order valence-electron chi connectivity index (χ3n) is 5.69. The second kappa shape index (κ2) is 10.1. The molecule has 176 valence electrons. The molecule has 0 atom stereocenters. The Labute approximate surface area is 204 Å². The average molecular weight is 496 g/mol. The van der Waals surface area contributed by atoms with Crippen LogP contribution in [0.25, 0.3) is 0 Å². The summed E-state index contributed by atoms with van der Waals surface area (Å²) in [5.41, 5.74) is 5.14. The number of nitriles is 1. The molecule has 2 aromatic carbocycles. The summed E-state index contributed by atoms with van der Waals surface area (Å²) in [4.78, 5) is 3.44. The first-order valence-corrected chi connectivity index (χ1v) is 13.8. The van der Waals surface area contributed by atoms with Crippen molar-refractivity contribution in [3.05, 3.63) is 99.3 Å². The van der Waals surface area contributed by atoms with Crippen molar-refractivity contribution in [2.45, 2.75) is 31.7 Å². The Bertz CT molecular complexity index is 1360. The maximum atomic E-state index is 13.5. The number of benzene rings is 2. The number of rotatable bonds is 8. The Kier molecular flexibility index (Phi) is 7.17. The highest BCUT2D eigenvalue weighted by molar-refractivity contribution is 7.89. The highest BCUT2D eigenvalue weighted by atomic mass is 32.2. The van der Waals surface area contributed by atoms with E-state index in [1.807, 2.05) is 30.3 Å². The van der Waals surface area contributed by atoms with E-state index in [2.05, 4.69) is 22.9 Å². The molecule has 0 amide bonds. The van der Waals surface area contributed by atoms with Gasteiger partial charge in [0, 0.05) is 48.4 Å². The van der Waals surface area contributed by atoms with E-state index in [1.165, 1.54) is 17.2 Å². The molecule has 0 saturated heterocycles. The van der Waals surface area contributed by atoms with Crippen LogP contribution in [0.1, 0.15) is 32.7 Å². The third kappa shape index (κ3) is 6.11. The summed E-state index contributed by atoms with van der Waals surface area (Å²) in [6, 6.07) is 16.4. The SMILES string of the molecule is C=C(Cc1ccc(CS(C)(=O)=O)cc1)Nc1sc2c(c1C#N)CN(Cc1cccc(F)c1)CC2. The van der Waals surface area contributed by atoms with E-state index >= 15 is 0 Å². The summed E-state index contributed by atoms with van der Waals surface area (Å²) in [6.45, 7) is 6.28. The van der Waals surface area contributed by atoms with E-state index in [0.717, 1.165) is 45.9 Å². The topological polar surface area (TPSA) is 73.2 Å². The number of allylic oxidation sites excluding steroid dienone is 1. The van der Waals surface area contributed by atoms with Crippen LogP contribution >= 0.6 is 11.3 Å². The third-order valence-corrected chi connectivity index (χ3v) is 7.76. The molecular formula is C26H26FN3O2S2. The van der Waals surface area contributed by atoms with Crippen LogP contribution < -0.4 is 5.32 Å². The molecule has 2 heterocycles. The summed E-state index contributed by atoms with van der Waals surface area (Å²) < 4.78 is 36.5. The van der Waals surface area contributed by atoms with Crippen molar-refractivity contribution < 1.29 is 12.8 Å². The van der Waals surface area contributed by atoms with Gasteiger partial charge in [0.05, 0.1) is 11.3 Å². The average Bonchev–Trinajstić information content (AvgIpc) is 3.10. The first-order valence-electron chi connectivity index (χ1n) is 10.9. The van der Waals surface area contributed by atoms with Gasteiger partial charge in [-0.15, -0.1) is 11.3 Å². The zero-order valence-corrected chi connectivity index (χ0v) is 20.6. The first-order chi connectivity index (χ1) is 16.2. The van der Waals surface area contributed by atoms with Crippen LogP contribution in [0.4, 0.5) is 9.39 Å². The second-order valence-corrected chi connectivity index (χ2v) is 11.9. The number of hydrogen-bond acceptors (Lipinski definition) is 6. The zero-order valence-electron chi connectivity index (χ0n) is 19.0. The van der Waals surface area contributed by atoms with Crippen molar-refractivity contribution in [3.8, 4) is 6.07 Å². The van der Waals surface area contributed by atoms with E-state index in [4.69, 9.17) is 0 Å². The van der Waals surface area contributed by atoms with Gasteiger partial charge in [0.1, 0.15) is 16.9 Å². The summed E-state index contributed by atoms with van der Waals surface area (Å²) >= 11 is 1.60.